The van der Waals surface area contributed by atoms with Crippen molar-refractivity contribution in [1.29, 1.82) is 0 Å². The minimum atomic E-state index is -2.89. The lowest BCUT2D eigenvalue weighted by atomic mass is 9.96. The van der Waals surface area contributed by atoms with Gasteiger partial charge in [0.25, 0.3) is 0 Å². The van der Waals surface area contributed by atoms with Gasteiger partial charge in [-0.15, -0.1) is 0 Å². The van der Waals surface area contributed by atoms with E-state index >= 15 is 0 Å². The molecule has 0 unspecified atom stereocenters. The lowest BCUT2D eigenvalue weighted by Crippen LogP contribution is -2.00. The molecule has 0 spiro atoms. The minimum Gasteiger partial charge on any atom is -0.493 e. The van der Waals surface area contributed by atoms with E-state index in [0.29, 0.717) is 19.4 Å². The molecule has 4 nitrogen and oxygen atoms in total. The molecule has 52 heavy (non-hydrogen) atoms. The highest BCUT2D eigenvalue weighted by Crippen LogP contribution is 2.48. The number of hydrogen-bond donors (Lipinski definition) is 0. The van der Waals surface area contributed by atoms with Crippen LogP contribution in [-0.4, -0.2) is 26.0 Å². The molecular formula is C47H73O4P. The molecule has 290 valence electrons. The molecule has 0 amide bonds. The summed E-state index contributed by atoms with van der Waals surface area (Å²) in [6, 6.07) is 25.2. The van der Waals surface area contributed by atoms with Gasteiger partial charge in [-0.1, -0.05) is 171 Å². The Balaban J connectivity index is 1.50. The van der Waals surface area contributed by atoms with Crippen molar-refractivity contribution in [3.63, 3.8) is 0 Å². The van der Waals surface area contributed by atoms with Crippen LogP contribution in [0.4, 0.5) is 0 Å². The number of benzene rings is 3. The van der Waals surface area contributed by atoms with E-state index in [-0.39, 0.29) is 0 Å². The Bertz CT molecular complexity index is 1360. The summed E-state index contributed by atoms with van der Waals surface area (Å²) >= 11 is 0. The Morgan fingerprint density at radius 2 is 0.904 bits per heavy atom. The highest BCUT2D eigenvalue weighted by molar-refractivity contribution is 7.53. The predicted octanol–water partition coefficient (Wildman–Crippen LogP) is 15.2. The van der Waals surface area contributed by atoms with Gasteiger partial charge in [-0.05, 0) is 86.3 Å². The maximum atomic E-state index is 12.6. The van der Waals surface area contributed by atoms with E-state index in [2.05, 4.69) is 80.6 Å². The molecule has 0 saturated carbocycles. The lowest BCUT2D eigenvalue weighted by Gasteiger charge is -2.16. The second-order valence-corrected chi connectivity index (χ2v) is 16.8. The molecule has 0 aliphatic heterocycles. The summed E-state index contributed by atoms with van der Waals surface area (Å²) in [5, 5.41) is 0. The number of hydrogen-bond acceptors (Lipinski definition) is 4. The van der Waals surface area contributed by atoms with E-state index in [1.165, 1.54) is 143 Å². The summed E-state index contributed by atoms with van der Waals surface area (Å²) < 4.78 is 30.0. The highest BCUT2D eigenvalue weighted by atomic mass is 31.2. The van der Waals surface area contributed by atoms with Gasteiger partial charge in [0.05, 0.1) is 26.0 Å². The third-order valence-corrected chi connectivity index (χ3v) is 12.3. The predicted molar refractivity (Wildman–Crippen MR) is 225 cm³/mol. The Labute approximate surface area is 319 Å². The Kier molecular flexibility index (Phi) is 23.0. The van der Waals surface area contributed by atoms with E-state index in [0.717, 1.165) is 38.0 Å². The summed E-state index contributed by atoms with van der Waals surface area (Å²) in [5.74, 6) is 0.989. The maximum absolute atomic E-state index is 12.6. The van der Waals surface area contributed by atoms with Crippen LogP contribution in [0.25, 0.3) is 22.3 Å². The molecule has 5 heteroatoms. The number of rotatable bonds is 31. The zero-order valence-electron chi connectivity index (χ0n) is 33.6. The molecule has 3 aromatic rings. The van der Waals surface area contributed by atoms with E-state index in [1.807, 2.05) is 13.8 Å². The first-order valence-corrected chi connectivity index (χ1v) is 23.1. The lowest BCUT2D eigenvalue weighted by molar-refractivity contribution is 0.219. The van der Waals surface area contributed by atoms with Gasteiger partial charge in [-0.25, -0.2) is 0 Å². The fourth-order valence-corrected chi connectivity index (χ4v) is 8.76. The third kappa shape index (κ3) is 17.6. The van der Waals surface area contributed by atoms with E-state index < -0.39 is 7.60 Å². The smallest absolute Gasteiger partial charge is 0.330 e. The van der Waals surface area contributed by atoms with Gasteiger partial charge in [0.2, 0.25) is 0 Å². The van der Waals surface area contributed by atoms with Crippen molar-refractivity contribution in [2.24, 2.45) is 0 Å². The fraction of sp³-hybridized carbons (Fsp3) is 0.617. The Morgan fingerprint density at radius 1 is 0.462 bits per heavy atom. The fourth-order valence-electron chi connectivity index (χ4n) is 7.03. The van der Waals surface area contributed by atoms with Gasteiger partial charge in [0.1, 0.15) is 5.75 Å². The van der Waals surface area contributed by atoms with E-state index in [9.17, 15) is 4.57 Å². The van der Waals surface area contributed by atoms with Crippen LogP contribution in [0.1, 0.15) is 161 Å². The van der Waals surface area contributed by atoms with Crippen molar-refractivity contribution in [3.05, 3.63) is 77.9 Å². The average molecular weight is 733 g/mol. The van der Waals surface area contributed by atoms with Gasteiger partial charge in [-0.3, -0.25) is 4.57 Å². The second-order valence-electron chi connectivity index (χ2n) is 14.6. The maximum Gasteiger partial charge on any atom is 0.330 e. The molecule has 0 fully saturated rings. The molecule has 0 N–H and O–H groups in total. The van der Waals surface area contributed by atoms with Crippen molar-refractivity contribution in [1.82, 2.24) is 0 Å². The quantitative estimate of drug-likeness (QED) is 0.0488. The van der Waals surface area contributed by atoms with Crippen LogP contribution in [0, 0.1) is 0 Å². The van der Waals surface area contributed by atoms with Gasteiger partial charge in [-0.2, -0.15) is 0 Å². The molecule has 0 aliphatic rings. The van der Waals surface area contributed by atoms with Crippen LogP contribution in [0.15, 0.2) is 66.7 Å². The molecule has 0 heterocycles. The normalized spacial score (nSPS) is 11.7. The molecule has 0 aliphatic carbocycles. The van der Waals surface area contributed by atoms with Gasteiger partial charge in [0.15, 0.2) is 0 Å². The molecule has 3 aromatic carbocycles. The second kappa shape index (κ2) is 27.2. The topological polar surface area (TPSA) is 44.8 Å². The largest absolute Gasteiger partial charge is 0.493 e. The zero-order chi connectivity index (χ0) is 37.1. The summed E-state index contributed by atoms with van der Waals surface area (Å²) in [6.45, 7) is 9.92. The molecule has 0 saturated heterocycles. The zero-order valence-corrected chi connectivity index (χ0v) is 34.5. The van der Waals surface area contributed by atoms with E-state index in [4.69, 9.17) is 13.8 Å². The van der Waals surface area contributed by atoms with E-state index in [1.54, 1.807) is 0 Å². The minimum absolute atomic E-state index is 0.441. The average Bonchev–Trinajstić information content (AvgIpc) is 3.16. The van der Waals surface area contributed by atoms with Gasteiger partial charge < -0.3 is 13.8 Å². The Hall–Kier alpha value is -2.39. The van der Waals surface area contributed by atoms with Gasteiger partial charge in [0, 0.05) is 5.56 Å². The number of unbranched alkanes of at least 4 members (excludes halogenated alkanes) is 16. The van der Waals surface area contributed by atoms with Crippen molar-refractivity contribution >= 4 is 7.60 Å². The molecule has 0 atom stereocenters. The SMILES string of the molecule is CCCCCCCc1ccc(-c2ccc(-c3ccc(CCCCCCC)cc3)c(OCCCCCCCCCCCP(=O)(OCC)OCC)c2)cc1. The standard InChI is InChI=1S/C47H73O4P/c1-5-9-11-18-22-26-41-28-32-43(33-29-41)45-36-37-46(44-34-30-42(31-35-44)27-23-19-12-10-6-2)47(40-45)49-38-24-20-16-14-13-15-17-21-25-39-52(48,50-7-3)51-8-4/h28-37,40H,5-27,38-39H2,1-4H3. The summed E-state index contributed by atoms with van der Waals surface area (Å²) in [6.07, 6.45) is 26.5. The van der Waals surface area contributed by atoms with Crippen molar-refractivity contribution < 1.29 is 18.3 Å². The monoisotopic (exact) mass is 733 g/mol. The van der Waals surface area contributed by atoms with Crippen molar-refractivity contribution in [2.45, 2.75) is 163 Å². The first-order chi connectivity index (χ1) is 25.5. The summed E-state index contributed by atoms with van der Waals surface area (Å²) in [5.41, 5.74) is 7.75. The Morgan fingerprint density at radius 3 is 1.42 bits per heavy atom. The summed E-state index contributed by atoms with van der Waals surface area (Å²) in [4.78, 5) is 0. The van der Waals surface area contributed by atoms with Crippen molar-refractivity contribution in [3.8, 4) is 28.0 Å². The van der Waals surface area contributed by atoms with Crippen LogP contribution in [-0.2, 0) is 26.5 Å². The summed E-state index contributed by atoms with van der Waals surface area (Å²) in [7, 11) is -2.89. The van der Waals surface area contributed by atoms with Crippen LogP contribution >= 0.6 is 7.60 Å². The van der Waals surface area contributed by atoms with Crippen LogP contribution in [0.5, 0.6) is 5.75 Å². The van der Waals surface area contributed by atoms with Crippen LogP contribution < -0.4 is 4.74 Å². The first kappa shape index (κ1) is 44.0. The first-order valence-electron chi connectivity index (χ1n) is 21.4. The van der Waals surface area contributed by atoms with Gasteiger partial charge >= 0.3 is 7.60 Å². The van der Waals surface area contributed by atoms with Crippen molar-refractivity contribution in [2.75, 3.05) is 26.0 Å². The van der Waals surface area contributed by atoms with Crippen LogP contribution in [0.3, 0.4) is 0 Å². The highest BCUT2D eigenvalue weighted by Gasteiger charge is 2.22. The molecule has 3 rings (SSSR count). The molecule has 0 aromatic heterocycles. The van der Waals surface area contributed by atoms with Crippen LogP contribution in [0.2, 0.25) is 0 Å². The number of aryl methyl sites for hydroxylation is 2. The molecule has 0 radical (unpaired) electrons. The third-order valence-electron chi connectivity index (χ3n) is 10.2. The molecule has 0 bridgehead atoms. The number of ether oxygens (including phenoxy) is 1. The molecular weight excluding hydrogens is 659 g/mol.